The molecule has 7 aromatic carbocycles. The molecule has 0 bridgehead atoms. The minimum atomic E-state index is 0.0527. The quantitative estimate of drug-likeness (QED) is 0.159. The van der Waals surface area contributed by atoms with Gasteiger partial charge in [-0.05, 0) is 191 Å². The lowest BCUT2D eigenvalue weighted by molar-refractivity contribution is 0.332. The molecule has 3 heteroatoms. The third-order valence-electron chi connectivity index (χ3n) is 17.3. The molecule has 4 aliphatic rings. The summed E-state index contributed by atoms with van der Waals surface area (Å²) in [6.07, 6.45) is 4.73. The van der Waals surface area contributed by atoms with Crippen molar-refractivity contribution in [1.82, 2.24) is 0 Å². The van der Waals surface area contributed by atoms with Gasteiger partial charge in [-0.25, -0.2) is 0 Å². The van der Waals surface area contributed by atoms with Gasteiger partial charge in [0.2, 0.25) is 6.71 Å². The zero-order chi connectivity index (χ0) is 48.8. The van der Waals surface area contributed by atoms with Crippen LogP contribution in [0.2, 0.25) is 0 Å². The van der Waals surface area contributed by atoms with E-state index in [1.54, 1.807) is 0 Å². The first kappa shape index (κ1) is 45.6. The molecule has 2 heterocycles. The summed E-state index contributed by atoms with van der Waals surface area (Å²) in [5, 5.41) is 0. The van der Waals surface area contributed by atoms with Gasteiger partial charge < -0.3 is 9.80 Å². The van der Waals surface area contributed by atoms with E-state index in [0.717, 1.165) is 0 Å². The van der Waals surface area contributed by atoms with Crippen molar-refractivity contribution < 1.29 is 0 Å². The minimum absolute atomic E-state index is 0.0527. The van der Waals surface area contributed by atoms with Crippen LogP contribution in [0.15, 0.2) is 140 Å². The second kappa shape index (κ2) is 15.4. The first-order valence-corrected chi connectivity index (χ1v) is 26.0. The van der Waals surface area contributed by atoms with Gasteiger partial charge in [0, 0.05) is 34.1 Å². The molecule has 0 fully saturated rings. The van der Waals surface area contributed by atoms with Crippen molar-refractivity contribution in [1.29, 1.82) is 0 Å². The van der Waals surface area contributed by atoms with Crippen LogP contribution in [-0.4, -0.2) is 6.71 Å². The van der Waals surface area contributed by atoms with Crippen molar-refractivity contribution in [2.75, 3.05) is 9.80 Å². The molecule has 2 aliphatic carbocycles. The van der Waals surface area contributed by atoms with E-state index in [1.165, 1.54) is 132 Å². The predicted molar refractivity (Wildman–Crippen MR) is 299 cm³/mol. The molecule has 0 radical (unpaired) electrons. The third kappa shape index (κ3) is 7.43. The highest BCUT2D eigenvalue weighted by Gasteiger charge is 2.47. The van der Waals surface area contributed by atoms with Crippen LogP contribution in [0.4, 0.5) is 34.1 Å². The predicted octanol–water partition coefficient (Wildman–Crippen LogP) is 16.4. The van der Waals surface area contributed by atoms with Crippen molar-refractivity contribution in [2.45, 2.75) is 155 Å². The molecular formula is C66H73BN2. The Morgan fingerprint density at radius 2 is 0.928 bits per heavy atom. The van der Waals surface area contributed by atoms with Crippen LogP contribution in [0.5, 0.6) is 0 Å². The minimum Gasteiger partial charge on any atom is -0.311 e. The highest BCUT2D eigenvalue weighted by molar-refractivity contribution is 7.01. The first-order chi connectivity index (χ1) is 32.4. The van der Waals surface area contributed by atoms with Crippen LogP contribution in [0.25, 0.3) is 22.3 Å². The van der Waals surface area contributed by atoms with Crippen molar-refractivity contribution in [2.24, 2.45) is 0 Å². The Balaban J connectivity index is 1.19. The Labute approximate surface area is 415 Å². The van der Waals surface area contributed by atoms with Crippen molar-refractivity contribution >= 4 is 57.2 Å². The number of hydrogen-bond donors (Lipinski definition) is 0. The van der Waals surface area contributed by atoms with Crippen LogP contribution in [0.3, 0.4) is 0 Å². The van der Waals surface area contributed by atoms with Crippen LogP contribution >= 0.6 is 0 Å². The summed E-state index contributed by atoms with van der Waals surface area (Å²) in [7, 11) is 0. The topological polar surface area (TPSA) is 6.48 Å². The highest BCUT2D eigenvalue weighted by atomic mass is 15.2. The van der Waals surface area contributed by atoms with Crippen LogP contribution in [0, 0.1) is 0 Å². The molecule has 2 aliphatic heterocycles. The maximum Gasteiger partial charge on any atom is 0.248 e. The number of nitrogens with zero attached hydrogens (tertiary/aromatic N) is 2. The number of rotatable bonds is 5. The van der Waals surface area contributed by atoms with Gasteiger partial charge in [-0.1, -0.05) is 175 Å². The lowest BCUT2D eigenvalue weighted by Gasteiger charge is -2.45. The lowest BCUT2D eigenvalue weighted by atomic mass is 9.36. The zero-order valence-electron chi connectivity index (χ0n) is 44.1. The molecule has 11 rings (SSSR count). The monoisotopic (exact) mass is 905 g/mol. The molecule has 0 atom stereocenters. The highest BCUT2D eigenvalue weighted by Crippen LogP contribution is 2.53. The average molecular weight is 905 g/mol. The molecule has 2 nitrogen and oxygen atoms in total. The second-order valence-corrected chi connectivity index (χ2v) is 26.0. The van der Waals surface area contributed by atoms with E-state index in [0.29, 0.717) is 0 Å². The molecular weight excluding hydrogens is 832 g/mol. The van der Waals surface area contributed by atoms with Crippen molar-refractivity contribution in [3.63, 3.8) is 0 Å². The van der Waals surface area contributed by atoms with Gasteiger partial charge in [0.15, 0.2) is 0 Å². The van der Waals surface area contributed by atoms with E-state index in [9.17, 15) is 0 Å². The van der Waals surface area contributed by atoms with Crippen molar-refractivity contribution in [3.05, 3.63) is 173 Å². The van der Waals surface area contributed by atoms with Gasteiger partial charge in [-0.2, -0.15) is 0 Å². The maximum absolute atomic E-state index is 2.69. The van der Waals surface area contributed by atoms with E-state index in [1.807, 2.05) is 0 Å². The largest absolute Gasteiger partial charge is 0.311 e. The molecule has 0 saturated heterocycles. The van der Waals surface area contributed by atoms with E-state index in [-0.39, 0.29) is 39.2 Å². The van der Waals surface area contributed by atoms with E-state index < -0.39 is 0 Å². The zero-order valence-corrected chi connectivity index (χ0v) is 44.1. The van der Waals surface area contributed by atoms with Crippen LogP contribution in [-0.2, 0) is 32.5 Å². The van der Waals surface area contributed by atoms with E-state index in [4.69, 9.17) is 0 Å². The Hall–Kier alpha value is -5.80. The molecule has 69 heavy (non-hydrogen) atoms. The smallest absolute Gasteiger partial charge is 0.248 e. The van der Waals surface area contributed by atoms with Crippen LogP contribution in [0.1, 0.15) is 156 Å². The summed E-state index contributed by atoms with van der Waals surface area (Å²) in [6, 6.07) is 55.0. The molecule has 0 N–H and O–H groups in total. The number of hydrogen-bond acceptors (Lipinski definition) is 2. The molecule has 0 spiro atoms. The molecule has 0 saturated carbocycles. The number of anilines is 6. The summed E-state index contributed by atoms with van der Waals surface area (Å²) >= 11 is 0. The summed E-state index contributed by atoms with van der Waals surface area (Å²) in [5.74, 6) is 0. The Bertz CT molecular complexity index is 3110. The average Bonchev–Trinajstić information content (AvgIpc) is 3.63. The number of fused-ring (bicyclic) bond motifs is 7. The Kier molecular flexibility index (Phi) is 10.2. The third-order valence-corrected chi connectivity index (χ3v) is 17.3. The standard InChI is InChI=1S/C66H73BN2/c1-61(2,3)44-20-24-46(25-21-44)68(47-26-22-45(23-27-47)62(4,5)6)49-28-30-50-51-36-43(42-18-16-15-17-19-42)37-59-60(51)67(56(50)39-49)57-40-54-55(66(13,14)35-34-65(54,11)12)41-58(57)69(59)48-29-31-52-53(38-48)64(9,10)33-32-63(52,7)8/h15-31,36-41H,32-35H2,1-14H3. The fourth-order valence-corrected chi connectivity index (χ4v) is 12.6. The number of benzene rings is 7. The molecule has 350 valence electrons. The van der Waals surface area contributed by atoms with Gasteiger partial charge in [-0.15, -0.1) is 0 Å². The molecule has 7 aromatic rings. The van der Waals surface area contributed by atoms with Gasteiger partial charge in [-0.3, -0.25) is 0 Å². The molecule has 0 aromatic heterocycles. The maximum atomic E-state index is 2.69. The van der Waals surface area contributed by atoms with Gasteiger partial charge >= 0.3 is 0 Å². The molecule has 0 unspecified atom stereocenters. The fourth-order valence-electron chi connectivity index (χ4n) is 12.6. The first-order valence-electron chi connectivity index (χ1n) is 26.0. The second-order valence-electron chi connectivity index (χ2n) is 26.0. The van der Waals surface area contributed by atoms with Crippen LogP contribution < -0.4 is 26.2 Å². The summed E-state index contributed by atoms with van der Waals surface area (Å²) in [5.41, 5.74) is 26.0. The van der Waals surface area contributed by atoms with E-state index in [2.05, 4.69) is 246 Å². The van der Waals surface area contributed by atoms with Gasteiger partial charge in [0.25, 0.3) is 0 Å². The van der Waals surface area contributed by atoms with Crippen molar-refractivity contribution in [3.8, 4) is 22.3 Å². The van der Waals surface area contributed by atoms with Gasteiger partial charge in [0.1, 0.15) is 0 Å². The van der Waals surface area contributed by atoms with E-state index >= 15 is 0 Å². The fraction of sp³-hybridized carbons (Fsp3) is 0.364. The summed E-state index contributed by atoms with van der Waals surface area (Å²) in [6.45, 7) is 33.6. The SMILES string of the molecule is CC(C)(C)c1ccc(N(c2ccc(C(C)(C)C)cc2)c2ccc3c(c2)B2c4cc5c(cc4N(c4ccc6c(c4)C(C)(C)CCC6(C)C)c4cc(-c6ccccc6)cc-3c42)C(C)(C)CCC5(C)C)cc1. The summed E-state index contributed by atoms with van der Waals surface area (Å²) < 4.78 is 0. The normalized spacial score (nSPS) is 17.9. The lowest BCUT2D eigenvalue weighted by Crippen LogP contribution is -2.55. The molecule has 0 amide bonds. The van der Waals surface area contributed by atoms with Gasteiger partial charge in [0.05, 0.1) is 0 Å². The Morgan fingerprint density at radius 1 is 0.420 bits per heavy atom. The summed E-state index contributed by atoms with van der Waals surface area (Å²) in [4.78, 5) is 5.18. The Morgan fingerprint density at radius 3 is 1.48 bits per heavy atom.